The van der Waals surface area contributed by atoms with Crippen LogP contribution < -0.4 is 5.32 Å². The smallest absolute Gasteiger partial charge is 0.229 e. The molecule has 1 amide bonds. The van der Waals surface area contributed by atoms with Crippen molar-refractivity contribution in [2.24, 2.45) is 0 Å². The summed E-state index contributed by atoms with van der Waals surface area (Å²) in [4.78, 5) is 11.2. The van der Waals surface area contributed by atoms with Crippen LogP contribution in [0.15, 0.2) is 18.2 Å². The Morgan fingerprint density at radius 1 is 1.35 bits per heavy atom. The van der Waals surface area contributed by atoms with Gasteiger partial charge in [-0.1, -0.05) is 39.0 Å². The molecule has 0 saturated heterocycles. The van der Waals surface area contributed by atoms with E-state index in [-0.39, 0.29) is 17.1 Å². The Kier molecular flexibility index (Phi) is 4.63. The van der Waals surface area contributed by atoms with E-state index >= 15 is 0 Å². The predicted octanol–water partition coefficient (Wildman–Crippen LogP) is 2.84. The number of thiol groups is 1. The number of carbonyl (C=O) groups is 1. The number of rotatable bonds is 3. The van der Waals surface area contributed by atoms with Crippen LogP contribution in [0.3, 0.4) is 0 Å². The van der Waals surface area contributed by atoms with E-state index in [1.807, 2.05) is 0 Å². The number of hydrogen-bond donors (Lipinski definition) is 2. The maximum atomic E-state index is 11.2. The van der Waals surface area contributed by atoms with Crippen molar-refractivity contribution in [1.29, 1.82) is 0 Å². The van der Waals surface area contributed by atoms with E-state index in [2.05, 4.69) is 63.8 Å². The van der Waals surface area contributed by atoms with Crippen LogP contribution in [0.2, 0.25) is 0 Å². The van der Waals surface area contributed by atoms with Gasteiger partial charge in [-0.25, -0.2) is 0 Å². The highest BCUT2D eigenvalue weighted by Crippen LogP contribution is 2.24. The fourth-order valence-electron chi connectivity index (χ4n) is 1.58. The summed E-state index contributed by atoms with van der Waals surface area (Å²) in [5.41, 5.74) is 3.80. The molecular weight excluding hydrogens is 230 g/mol. The molecule has 17 heavy (non-hydrogen) atoms. The highest BCUT2D eigenvalue weighted by Gasteiger charge is 2.14. The first-order valence-electron chi connectivity index (χ1n) is 5.82. The zero-order valence-electron chi connectivity index (χ0n) is 11.0. The summed E-state index contributed by atoms with van der Waals surface area (Å²) in [7, 11) is 0. The Bertz CT molecular complexity index is 407. The van der Waals surface area contributed by atoms with E-state index in [1.165, 1.54) is 16.7 Å². The first kappa shape index (κ1) is 14.1. The Morgan fingerprint density at radius 2 is 2.00 bits per heavy atom. The third kappa shape index (κ3) is 4.08. The number of aryl methyl sites for hydroxylation is 1. The normalized spacial score (nSPS) is 11.4. The minimum Gasteiger partial charge on any atom is -0.351 e. The molecule has 2 nitrogen and oxygen atoms in total. The molecule has 1 aromatic carbocycles. The van der Waals surface area contributed by atoms with Crippen molar-refractivity contribution >= 4 is 18.5 Å². The lowest BCUT2D eigenvalue weighted by atomic mass is 9.85. The standard InChI is InChI=1S/C14H21NOS/c1-10-5-6-12(14(2,3)4)7-11(10)8-15-13(16)9-17/h5-7,17H,8-9H2,1-4H3,(H,15,16). The molecule has 0 heterocycles. The van der Waals surface area contributed by atoms with E-state index < -0.39 is 0 Å². The number of amides is 1. The van der Waals surface area contributed by atoms with Gasteiger partial charge in [-0.05, 0) is 29.0 Å². The Hall–Kier alpha value is -0.960. The summed E-state index contributed by atoms with van der Waals surface area (Å²) in [6.45, 7) is 9.21. The van der Waals surface area contributed by atoms with Crippen molar-refractivity contribution in [2.75, 3.05) is 5.75 Å². The van der Waals surface area contributed by atoms with Crippen LogP contribution in [0.25, 0.3) is 0 Å². The van der Waals surface area contributed by atoms with Gasteiger partial charge in [0.1, 0.15) is 0 Å². The van der Waals surface area contributed by atoms with E-state index in [0.29, 0.717) is 6.54 Å². The second-order valence-corrected chi connectivity index (χ2v) is 5.64. The molecule has 0 atom stereocenters. The largest absolute Gasteiger partial charge is 0.351 e. The lowest BCUT2D eigenvalue weighted by Crippen LogP contribution is -2.24. The summed E-state index contributed by atoms with van der Waals surface area (Å²) in [5.74, 6) is 0.201. The lowest BCUT2D eigenvalue weighted by molar-refractivity contribution is -0.118. The van der Waals surface area contributed by atoms with E-state index in [0.717, 1.165) is 0 Å². The first-order chi connectivity index (χ1) is 7.84. The van der Waals surface area contributed by atoms with E-state index in [4.69, 9.17) is 0 Å². The molecule has 0 unspecified atom stereocenters. The molecule has 0 aliphatic heterocycles. The average Bonchev–Trinajstić information content (AvgIpc) is 2.26. The molecule has 1 N–H and O–H groups in total. The predicted molar refractivity (Wildman–Crippen MR) is 75.6 cm³/mol. The van der Waals surface area contributed by atoms with Crippen LogP contribution in [-0.2, 0) is 16.8 Å². The molecule has 0 aliphatic carbocycles. The molecule has 0 saturated carbocycles. The molecule has 0 radical (unpaired) electrons. The summed E-state index contributed by atoms with van der Waals surface area (Å²) < 4.78 is 0. The summed E-state index contributed by atoms with van der Waals surface area (Å²) in [6, 6.07) is 6.44. The molecule has 0 bridgehead atoms. The van der Waals surface area contributed by atoms with Gasteiger partial charge in [0.15, 0.2) is 0 Å². The molecule has 94 valence electrons. The third-order valence-electron chi connectivity index (χ3n) is 2.83. The van der Waals surface area contributed by atoms with Gasteiger partial charge in [-0.3, -0.25) is 4.79 Å². The molecule has 3 heteroatoms. The minimum atomic E-state index is -0.0334. The van der Waals surface area contributed by atoms with Crippen LogP contribution in [0.5, 0.6) is 0 Å². The first-order valence-corrected chi connectivity index (χ1v) is 6.45. The fraction of sp³-hybridized carbons (Fsp3) is 0.500. The van der Waals surface area contributed by atoms with Crippen molar-refractivity contribution in [2.45, 2.75) is 39.7 Å². The highest BCUT2D eigenvalue weighted by molar-refractivity contribution is 7.81. The lowest BCUT2D eigenvalue weighted by Gasteiger charge is -2.21. The quantitative estimate of drug-likeness (QED) is 0.795. The number of nitrogens with one attached hydrogen (secondary N) is 1. The topological polar surface area (TPSA) is 29.1 Å². The fourth-order valence-corrected chi connectivity index (χ4v) is 1.69. The van der Waals surface area contributed by atoms with Gasteiger partial charge >= 0.3 is 0 Å². The van der Waals surface area contributed by atoms with Crippen molar-refractivity contribution in [3.8, 4) is 0 Å². The summed E-state index contributed by atoms with van der Waals surface area (Å²) >= 11 is 3.94. The average molecular weight is 251 g/mol. The maximum absolute atomic E-state index is 11.2. The van der Waals surface area contributed by atoms with Crippen molar-refractivity contribution < 1.29 is 4.79 Å². The van der Waals surface area contributed by atoms with Gasteiger partial charge in [0.2, 0.25) is 5.91 Å². The highest BCUT2D eigenvalue weighted by atomic mass is 32.1. The van der Waals surface area contributed by atoms with Gasteiger partial charge in [-0.15, -0.1) is 0 Å². The van der Waals surface area contributed by atoms with Crippen molar-refractivity contribution in [3.05, 3.63) is 34.9 Å². The van der Waals surface area contributed by atoms with Gasteiger partial charge < -0.3 is 5.32 Å². The molecule has 0 aromatic heterocycles. The third-order valence-corrected chi connectivity index (χ3v) is 3.12. The zero-order valence-corrected chi connectivity index (χ0v) is 11.9. The molecular formula is C14H21NOS. The Balaban J connectivity index is 2.88. The maximum Gasteiger partial charge on any atom is 0.229 e. The summed E-state index contributed by atoms with van der Waals surface area (Å²) in [5, 5.41) is 2.85. The molecule has 1 rings (SSSR count). The summed E-state index contributed by atoms with van der Waals surface area (Å²) in [6.07, 6.45) is 0. The molecule has 0 fully saturated rings. The van der Waals surface area contributed by atoms with Gasteiger partial charge in [-0.2, -0.15) is 12.6 Å². The monoisotopic (exact) mass is 251 g/mol. The molecule has 0 aliphatic rings. The van der Waals surface area contributed by atoms with Crippen molar-refractivity contribution in [1.82, 2.24) is 5.32 Å². The number of carbonyl (C=O) groups excluding carboxylic acids is 1. The molecule has 0 spiro atoms. The number of hydrogen-bond acceptors (Lipinski definition) is 2. The van der Waals surface area contributed by atoms with Crippen LogP contribution in [0.1, 0.15) is 37.5 Å². The SMILES string of the molecule is Cc1ccc(C(C)(C)C)cc1CNC(=O)CS. The van der Waals surface area contributed by atoms with Crippen LogP contribution in [0, 0.1) is 6.92 Å². The van der Waals surface area contributed by atoms with E-state index in [1.54, 1.807) is 0 Å². The number of benzene rings is 1. The Labute approximate surface area is 109 Å². The minimum absolute atomic E-state index is 0.0334. The van der Waals surface area contributed by atoms with Crippen LogP contribution in [-0.4, -0.2) is 11.7 Å². The van der Waals surface area contributed by atoms with Gasteiger partial charge in [0.25, 0.3) is 0 Å². The zero-order chi connectivity index (χ0) is 13.1. The van der Waals surface area contributed by atoms with Gasteiger partial charge in [0, 0.05) is 6.54 Å². The van der Waals surface area contributed by atoms with Crippen LogP contribution in [0.4, 0.5) is 0 Å². The Morgan fingerprint density at radius 3 is 2.53 bits per heavy atom. The second kappa shape index (κ2) is 5.58. The van der Waals surface area contributed by atoms with Crippen molar-refractivity contribution in [3.63, 3.8) is 0 Å². The van der Waals surface area contributed by atoms with E-state index in [9.17, 15) is 4.79 Å². The molecule has 1 aromatic rings. The van der Waals surface area contributed by atoms with Crippen LogP contribution >= 0.6 is 12.6 Å². The van der Waals surface area contributed by atoms with Gasteiger partial charge in [0.05, 0.1) is 5.75 Å². The second-order valence-electron chi connectivity index (χ2n) is 5.33.